The predicted molar refractivity (Wildman–Crippen MR) is 124 cm³/mol. The lowest BCUT2D eigenvalue weighted by atomic mass is 10.2. The van der Waals surface area contributed by atoms with E-state index in [-0.39, 0.29) is 5.91 Å². The summed E-state index contributed by atoms with van der Waals surface area (Å²) in [6.45, 7) is 10.6. The number of rotatable bonds is 7. The molecule has 158 valence electrons. The summed E-state index contributed by atoms with van der Waals surface area (Å²) in [5.74, 6) is 0.0868. The minimum Gasteiger partial charge on any atom is -0.369 e. The molecule has 3 aromatic rings. The van der Waals surface area contributed by atoms with Crippen LogP contribution in [0, 0.1) is 13.8 Å². The van der Waals surface area contributed by atoms with Gasteiger partial charge in [0.15, 0.2) is 0 Å². The van der Waals surface area contributed by atoms with Gasteiger partial charge < -0.3 is 14.8 Å². The fourth-order valence-corrected chi connectivity index (χ4v) is 4.34. The van der Waals surface area contributed by atoms with Crippen molar-refractivity contribution in [3.63, 3.8) is 0 Å². The molecule has 0 radical (unpaired) electrons. The summed E-state index contributed by atoms with van der Waals surface area (Å²) in [5.41, 5.74) is 4.89. The lowest BCUT2D eigenvalue weighted by molar-refractivity contribution is -0.121. The maximum Gasteiger partial charge on any atom is 0.239 e. The maximum atomic E-state index is 12.4. The van der Waals surface area contributed by atoms with Crippen LogP contribution in [0.2, 0.25) is 0 Å². The fraction of sp³-hybridized carbons (Fsp3) is 0.400. The maximum absolute atomic E-state index is 12.4. The number of piperazine rings is 1. The lowest BCUT2D eigenvalue weighted by Crippen LogP contribution is -2.47. The van der Waals surface area contributed by atoms with E-state index in [1.54, 1.807) is 0 Å². The van der Waals surface area contributed by atoms with Gasteiger partial charge >= 0.3 is 0 Å². The summed E-state index contributed by atoms with van der Waals surface area (Å²) in [6.07, 6.45) is 0.988. The van der Waals surface area contributed by atoms with Crippen LogP contribution in [0.1, 0.15) is 17.7 Å². The van der Waals surface area contributed by atoms with Crippen molar-refractivity contribution in [2.75, 3.05) is 44.2 Å². The SMILES string of the molecule is Cc1cccc(N2CCN(CCCNC(=O)Cn3c(C)cc4ccccc43)CC2)c1. The average molecular weight is 405 g/mol. The molecule has 0 aliphatic carbocycles. The Kier molecular flexibility index (Phi) is 6.38. The second-order valence-electron chi connectivity index (χ2n) is 8.30. The monoisotopic (exact) mass is 404 g/mol. The molecule has 0 atom stereocenters. The largest absolute Gasteiger partial charge is 0.369 e. The van der Waals surface area contributed by atoms with Gasteiger partial charge in [0, 0.05) is 49.6 Å². The first-order valence-electron chi connectivity index (χ1n) is 11.0. The summed E-state index contributed by atoms with van der Waals surface area (Å²) < 4.78 is 2.09. The Hall–Kier alpha value is -2.79. The number of nitrogens with zero attached hydrogens (tertiary/aromatic N) is 3. The molecule has 2 heterocycles. The number of hydrogen-bond donors (Lipinski definition) is 1. The predicted octanol–water partition coefficient (Wildman–Crippen LogP) is 3.59. The number of benzene rings is 2. The van der Waals surface area contributed by atoms with Crippen LogP contribution in [0.5, 0.6) is 0 Å². The molecule has 1 aliphatic heterocycles. The summed E-state index contributed by atoms with van der Waals surface area (Å²) >= 11 is 0. The Morgan fingerprint density at radius 2 is 1.77 bits per heavy atom. The zero-order valence-electron chi connectivity index (χ0n) is 18.1. The van der Waals surface area contributed by atoms with E-state index in [9.17, 15) is 4.79 Å². The zero-order chi connectivity index (χ0) is 20.9. The highest BCUT2D eigenvalue weighted by molar-refractivity contribution is 5.84. The van der Waals surface area contributed by atoms with E-state index in [4.69, 9.17) is 0 Å². The summed E-state index contributed by atoms with van der Waals surface area (Å²) in [5, 5.41) is 4.28. The number of aromatic nitrogens is 1. The highest BCUT2D eigenvalue weighted by Crippen LogP contribution is 2.19. The van der Waals surface area contributed by atoms with Crippen molar-refractivity contribution in [2.45, 2.75) is 26.8 Å². The highest BCUT2D eigenvalue weighted by atomic mass is 16.1. The molecular formula is C25H32N4O. The van der Waals surface area contributed by atoms with Gasteiger partial charge in [-0.1, -0.05) is 30.3 Å². The van der Waals surface area contributed by atoms with Crippen molar-refractivity contribution < 1.29 is 4.79 Å². The topological polar surface area (TPSA) is 40.5 Å². The van der Waals surface area contributed by atoms with Gasteiger partial charge in [-0.2, -0.15) is 0 Å². The molecule has 1 N–H and O–H groups in total. The van der Waals surface area contributed by atoms with Crippen molar-refractivity contribution >= 4 is 22.5 Å². The van der Waals surface area contributed by atoms with Gasteiger partial charge in [-0.15, -0.1) is 0 Å². The Morgan fingerprint density at radius 1 is 0.967 bits per heavy atom. The van der Waals surface area contributed by atoms with E-state index in [0.29, 0.717) is 6.54 Å². The Bertz CT molecular complexity index is 1000. The second kappa shape index (κ2) is 9.35. The Balaban J connectivity index is 1.18. The molecule has 1 aliphatic rings. The number of aryl methyl sites for hydroxylation is 2. The first kappa shape index (κ1) is 20.5. The summed E-state index contributed by atoms with van der Waals surface area (Å²) in [6, 6.07) is 19.1. The molecule has 1 aromatic heterocycles. The van der Waals surface area contributed by atoms with Crippen LogP contribution in [0.3, 0.4) is 0 Å². The number of hydrogen-bond acceptors (Lipinski definition) is 3. The summed E-state index contributed by atoms with van der Waals surface area (Å²) in [4.78, 5) is 17.4. The molecule has 1 saturated heterocycles. The normalized spacial score (nSPS) is 14.9. The van der Waals surface area contributed by atoms with Gasteiger partial charge in [0.1, 0.15) is 6.54 Å². The molecule has 2 aromatic carbocycles. The molecule has 5 heteroatoms. The molecular weight excluding hydrogens is 372 g/mol. The average Bonchev–Trinajstić information content (AvgIpc) is 3.07. The van der Waals surface area contributed by atoms with E-state index >= 15 is 0 Å². The quantitative estimate of drug-likeness (QED) is 0.612. The van der Waals surface area contributed by atoms with Crippen LogP contribution in [-0.2, 0) is 11.3 Å². The number of carbonyl (C=O) groups is 1. The number of fused-ring (bicyclic) bond motifs is 1. The molecule has 1 fully saturated rings. The number of amides is 1. The van der Waals surface area contributed by atoms with Crippen LogP contribution < -0.4 is 10.2 Å². The van der Waals surface area contributed by atoms with Crippen molar-refractivity contribution in [1.29, 1.82) is 0 Å². The van der Waals surface area contributed by atoms with Gasteiger partial charge in [-0.05, 0) is 62.0 Å². The molecule has 30 heavy (non-hydrogen) atoms. The van der Waals surface area contributed by atoms with Crippen LogP contribution >= 0.6 is 0 Å². The zero-order valence-corrected chi connectivity index (χ0v) is 18.1. The van der Waals surface area contributed by atoms with Gasteiger partial charge in [-0.3, -0.25) is 9.69 Å². The van der Waals surface area contributed by atoms with E-state index in [2.05, 4.69) is 76.0 Å². The van der Waals surface area contributed by atoms with Gasteiger partial charge in [0.25, 0.3) is 0 Å². The van der Waals surface area contributed by atoms with E-state index < -0.39 is 0 Å². The van der Waals surface area contributed by atoms with E-state index in [1.165, 1.54) is 16.6 Å². The van der Waals surface area contributed by atoms with Crippen molar-refractivity contribution in [3.8, 4) is 0 Å². The van der Waals surface area contributed by atoms with Crippen LogP contribution in [0.15, 0.2) is 54.6 Å². The van der Waals surface area contributed by atoms with Crippen molar-refractivity contribution in [2.24, 2.45) is 0 Å². The molecule has 0 spiro atoms. The smallest absolute Gasteiger partial charge is 0.239 e. The summed E-state index contributed by atoms with van der Waals surface area (Å²) in [7, 11) is 0. The standard InChI is InChI=1S/C25H32N4O/c1-20-7-5-9-23(17-20)28-15-13-27(14-16-28)12-6-11-26-25(30)19-29-21(2)18-22-8-3-4-10-24(22)29/h3-5,7-10,17-18H,6,11-16,19H2,1-2H3,(H,26,30). The van der Waals surface area contributed by atoms with Gasteiger partial charge in [0.05, 0.1) is 0 Å². The first-order chi connectivity index (χ1) is 14.6. The van der Waals surface area contributed by atoms with Gasteiger partial charge in [0.2, 0.25) is 5.91 Å². The van der Waals surface area contributed by atoms with Gasteiger partial charge in [-0.25, -0.2) is 0 Å². The van der Waals surface area contributed by atoms with E-state index in [0.717, 1.165) is 56.9 Å². The van der Waals surface area contributed by atoms with Crippen LogP contribution in [-0.4, -0.2) is 54.6 Å². The third-order valence-electron chi connectivity index (χ3n) is 6.03. The minimum atomic E-state index is 0.0868. The first-order valence-corrected chi connectivity index (χ1v) is 11.0. The number of nitrogens with one attached hydrogen (secondary N) is 1. The Labute approximate surface area is 179 Å². The minimum absolute atomic E-state index is 0.0868. The van der Waals surface area contributed by atoms with E-state index in [1.807, 2.05) is 12.1 Å². The second-order valence-corrected chi connectivity index (χ2v) is 8.30. The molecule has 0 bridgehead atoms. The molecule has 1 amide bonds. The molecule has 4 rings (SSSR count). The van der Waals surface area contributed by atoms with Crippen molar-refractivity contribution in [1.82, 2.24) is 14.8 Å². The molecule has 0 saturated carbocycles. The number of para-hydroxylation sites is 1. The molecule has 0 unspecified atom stereocenters. The lowest BCUT2D eigenvalue weighted by Gasteiger charge is -2.36. The third kappa shape index (κ3) is 4.85. The number of anilines is 1. The van der Waals surface area contributed by atoms with Crippen LogP contribution in [0.4, 0.5) is 5.69 Å². The molecule has 5 nitrogen and oxygen atoms in total. The van der Waals surface area contributed by atoms with Crippen LogP contribution in [0.25, 0.3) is 10.9 Å². The Morgan fingerprint density at radius 3 is 2.57 bits per heavy atom. The van der Waals surface area contributed by atoms with Crippen molar-refractivity contribution in [3.05, 3.63) is 65.9 Å². The number of carbonyl (C=O) groups excluding carboxylic acids is 1. The fourth-order valence-electron chi connectivity index (χ4n) is 4.34. The highest BCUT2D eigenvalue weighted by Gasteiger charge is 2.17. The third-order valence-corrected chi connectivity index (χ3v) is 6.03.